The normalized spacial score (nSPS) is 14.6. The van der Waals surface area contributed by atoms with Crippen molar-refractivity contribution in [3.63, 3.8) is 0 Å². The minimum atomic E-state index is -0.200. The molecule has 5 aromatic rings. The van der Waals surface area contributed by atoms with Crippen molar-refractivity contribution in [3.8, 4) is 0 Å². The van der Waals surface area contributed by atoms with Crippen LogP contribution in [0, 0.1) is 5.82 Å². The summed E-state index contributed by atoms with van der Waals surface area (Å²) >= 11 is 0. The summed E-state index contributed by atoms with van der Waals surface area (Å²) in [7, 11) is 0. The van der Waals surface area contributed by atoms with Gasteiger partial charge in [0.25, 0.3) is 0 Å². The molecule has 0 radical (unpaired) electrons. The molecule has 27 heavy (non-hydrogen) atoms. The number of nitrogens with zero attached hydrogens (tertiary/aromatic N) is 3. The summed E-state index contributed by atoms with van der Waals surface area (Å²) in [5.74, 6) is 0.441. The largest absolute Gasteiger partial charge is 0.335 e. The Morgan fingerprint density at radius 3 is 2.56 bits per heavy atom. The molecular weight excluding hydrogens is 337 g/mol. The third kappa shape index (κ3) is 2.36. The zero-order valence-electron chi connectivity index (χ0n) is 14.8. The second kappa shape index (κ2) is 5.43. The van der Waals surface area contributed by atoms with Crippen molar-refractivity contribution in [2.45, 2.75) is 25.3 Å². The van der Waals surface area contributed by atoms with Crippen LogP contribution in [0.3, 0.4) is 0 Å². The maximum atomic E-state index is 13.3. The van der Waals surface area contributed by atoms with Crippen molar-refractivity contribution in [2.24, 2.45) is 0 Å². The average molecular weight is 355 g/mol. The van der Waals surface area contributed by atoms with Crippen LogP contribution in [0.4, 0.5) is 4.39 Å². The van der Waals surface area contributed by atoms with Crippen LogP contribution in [0.15, 0.2) is 67.0 Å². The van der Waals surface area contributed by atoms with Crippen LogP contribution < -0.4 is 0 Å². The molecule has 1 aliphatic rings. The highest BCUT2D eigenvalue weighted by atomic mass is 19.1. The molecule has 132 valence electrons. The predicted molar refractivity (Wildman–Crippen MR) is 106 cm³/mol. The molecule has 3 aromatic heterocycles. The van der Waals surface area contributed by atoms with Gasteiger partial charge in [0, 0.05) is 41.1 Å². The van der Waals surface area contributed by atoms with E-state index in [0.717, 1.165) is 11.2 Å². The van der Waals surface area contributed by atoms with Gasteiger partial charge in [-0.25, -0.2) is 9.37 Å². The van der Waals surface area contributed by atoms with Crippen molar-refractivity contribution >= 4 is 27.5 Å². The fraction of sp³-hybridized carbons (Fsp3) is 0.174. The summed E-state index contributed by atoms with van der Waals surface area (Å²) in [6, 6.07) is 17.4. The first-order valence-electron chi connectivity index (χ1n) is 9.40. The Bertz CT molecular complexity index is 1310. The molecule has 0 bridgehead atoms. The molecule has 6 rings (SSSR count). The van der Waals surface area contributed by atoms with Gasteiger partial charge in [-0.1, -0.05) is 30.3 Å². The number of hydrogen-bond acceptors (Lipinski definition) is 1. The van der Waals surface area contributed by atoms with Crippen LogP contribution in [0.5, 0.6) is 0 Å². The molecule has 4 heteroatoms. The first-order valence-corrected chi connectivity index (χ1v) is 9.40. The Morgan fingerprint density at radius 2 is 1.74 bits per heavy atom. The summed E-state index contributed by atoms with van der Waals surface area (Å²) in [6.07, 6.45) is 6.87. The van der Waals surface area contributed by atoms with E-state index in [0.29, 0.717) is 12.5 Å². The fourth-order valence-electron chi connectivity index (χ4n) is 4.06. The summed E-state index contributed by atoms with van der Waals surface area (Å²) in [6.45, 7) is 0.708. The van der Waals surface area contributed by atoms with Gasteiger partial charge in [-0.2, -0.15) is 0 Å². The molecule has 1 saturated carbocycles. The molecule has 0 aliphatic heterocycles. The van der Waals surface area contributed by atoms with E-state index < -0.39 is 0 Å². The number of halogens is 1. The lowest BCUT2D eigenvalue weighted by atomic mass is 10.2. The lowest BCUT2D eigenvalue weighted by Crippen LogP contribution is -2.00. The van der Waals surface area contributed by atoms with E-state index in [1.54, 1.807) is 0 Å². The third-order valence-electron chi connectivity index (χ3n) is 5.62. The number of aromatic nitrogens is 3. The minimum absolute atomic E-state index is 0.200. The van der Waals surface area contributed by atoms with Gasteiger partial charge in [-0.3, -0.25) is 0 Å². The number of para-hydroxylation sites is 1. The second-order valence-electron chi connectivity index (χ2n) is 7.51. The standard InChI is InChI=1S/C23H18FN3/c24-17-9-5-15(6-10-17)12-27-21-4-2-1-3-18(21)19-11-23-25-20(16-7-8-16)13-26(23)14-22(19)27/h1-6,9-11,13-14,16H,7-8,12H2. The van der Waals surface area contributed by atoms with Crippen LogP contribution in [0.1, 0.15) is 30.0 Å². The van der Waals surface area contributed by atoms with Gasteiger partial charge in [0.2, 0.25) is 0 Å². The van der Waals surface area contributed by atoms with Crippen LogP contribution in [0.2, 0.25) is 0 Å². The zero-order chi connectivity index (χ0) is 18.0. The molecule has 0 saturated heterocycles. The molecule has 1 aliphatic carbocycles. The van der Waals surface area contributed by atoms with Gasteiger partial charge >= 0.3 is 0 Å². The van der Waals surface area contributed by atoms with Crippen molar-refractivity contribution < 1.29 is 4.39 Å². The molecular formula is C23H18FN3. The fourth-order valence-corrected chi connectivity index (χ4v) is 4.06. The van der Waals surface area contributed by atoms with Crippen molar-refractivity contribution in [1.82, 2.24) is 14.0 Å². The summed E-state index contributed by atoms with van der Waals surface area (Å²) in [5, 5.41) is 2.45. The average Bonchev–Trinajstić information content (AvgIpc) is 3.40. The lowest BCUT2D eigenvalue weighted by molar-refractivity contribution is 0.626. The van der Waals surface area contributed by atoms with E-state index in [1.807, 2.05) is 12.1 Å². The van der Waals surface area contributed by atoms with Gasteiger partial charge in [0.05, 0.1) is 11.2 Å². The number of fused-ring (bicyclic) bond motifs is 4. The number of rotatable bonds is 3. The van der Waals surface area contributed by atoms with E-state index in [2.05, 4.69) is 51.7 Å². The van der Waals surface area contributed by atoms with E-state index in [4.69, 9.17) is 4.98 Å². The maximum absolute atomic E-state index is 13.3. The molecule has 3 nitrogen and oxygen atoms in total. The molecule has 1 fully saturated rings. The highest BCUT2D eigenvalue weighted by Crippen LogP contribution is 2.40. The molecule has 0 amide bonds. The Hall–Kier alpha value is -3.14. The van der Waals surface area contributed by atoms with Crippen LogP contribution in [0.25, 0.3) is 27.5 Å². The monoisotopic (exact) mass is 355 g/mol. The molecule has 0 unspecified atom stereocenters. The number of pyridine rings is 1. The smallest absolute Gasteiger partial charge is 0.137 e. The quantitative estimate of drug-likeness (QED) is 0.418. The Balaban J connectivity index is 1.60. The van der Waals surface area contributed by atoms with E-state index >= 15 is 0 Å². The zero-order valence-corrected chi connectivity index (χ0v) is 14.8. The van der Waals surface area contributed by atoms with Gasteiger partial charge in [-0.05, 0) is 42.7 Å². The SMILES string of the molecule is Fc1ccc(Cn2c3ccccc3c3cc4nc(C5CC5)cn4cc32)cc1. The Morgan fingerprint density at radius 1 is 0.926 bits per heavy atom. The first-order chi connectivity index (χ1) is 13.3. The van der Waals surface area contributed by atoms with Crippen LogP contribution >= 0.6 is 0 Å². The lowest BCUT2D eigenvalue weighted by Gasteiger charge is -2.08. The molecule has 3 heterocycles. The van der Waals surface area contributed by atoms with E-state index in [1.165, 1.54) is 52.5 Å². The highest BCUT2D eigenvalue weighted by Gasteiger charge is 2.26. The topological polar surface area (TPSA) is 22.2 Å². The van der Waals surface area contributed by atoms with Crippen LogP contribution in [-0.2, 0) is 6.54 Å². The molecule has 2 aromatic carbocycles. The maximum Gasteiger partial charge on any atom is 0.137 e. The Kier molecular flexibility index (Phi) is 3.01. The van der Waals surface area contributed by atoms with E-state index in [-0.39, 0.29) is 5.82 Å². The van der Waals surface area contributed by atoms with Crippen molar-refractivity contribution in [2.75, 3.05) is 0 Å². The summed E-state index contributed by atoms with van der Waals surface area (Å²) in [5.41, 5.74) is 5.66. The van der Waals surface area contributed by atoms with Gasteiger partial charge in [0.15, 0.2) is 0 Å². The third-order valence-corrected chi connectivity index (χ3v) is 5.62. The van der Waals surface area contributed by atoms with Gasteiger partial charge in [0.1, 0.15) is 11.5 Å². The predicted octanol–water partition coefficient (Wildman–Crippen LogP) is 5.51. The molecule has 0 N–H and O–H groups in total. The number of imidazole rings is 1. The number of hydrogen-bond donors (Lipinski definition) is 0. The minimum Gasteiger partial charge on any atom is -0.335 e. The summed E-state index contributed by atoms with van der Waals surface area (Å²) < 4.78 is 17.8. The second-order valence-corrected chi connectivity index (χ2v) is 7.51. The highest BCUT2D eigenvalue weighted by molar-refractivity contribution is 6.08. The van der Waals surface area contributed by atoms with Gasteiger partial charge in [-0.15, -0.1) is 0 Å². The molecule has 0 spiro atoms. The first kappa shape index (κ1) is 15.0. The van der Waals surface area contributed by atoms with Crippen LogP contribution in [-0.4, -0.2) is 14.0 Å². The Labute approximate surface area is 155 Å². The molecule has 0 atom stereocenters. The van der Waals surface area contributed by atoms with Crippen molar-refractivity contribution in [1.29, 1.82) is 0 Å². The van der Waals surface area contributed by atoms with Gasteiger partial charge < -0.3 is 8.97 Å². The summed E-state index contributed by atoms with van der Waals surface area (Å²) in [4.78, 5) is 4.85. The van der Waals surface area contributed by atoms with Crippen molar-refractivity contribution in [3.05, 3.63) is 84.1 Å². The number of benzene rings is 2. The van der Waals surface area contributed by atoms with E-state index in [9.17, 15) is 4.39 Å².